The fraction of sp³-hybridized carbons (Fsp3) is 0.485. The summed E-state index contributed by atoms with van der Waals surface area (Å²) in [6, 6.07) is 14.3. The number of piperazine rings is 1. The molecule has 1 saturated heterocycles. The molecule has 9 heteroatoms. The predicted octanol–water partition coefficient (Wildman–Crippen LogP) is 5.13. The molecule has 3 heterocycles. The zero-order valence-corrected chi connectivity index (χ0v) is 26.8. The number of rotatable bonds is 6. The zero-order chi connectivity index (χ0) is 30.2. The molecule has 2 aliphatic rings. The van der Waals surface area contributed by atoms with Crippen molar-refractivity contribution in [1.29, 1.82) is 0 Å². The Morgan fingerprint density at radius 3 is 2.43 bits per heavy atom. The van der Waals surface area contributed by atoms with E-state index in [4.69, 9.17) is 9.84 Å². The van der Waals surface area contributed by atoms with Gasteiger partial charge in [-0.15, -0.1) is 11.8 Å². The van der Waals surface area contributed by atoms with Crippen LogP contribution in [0, 0.1) is 13.8 Å². The summed E-state index contributed by atoms with van der Waals surface area (Å²) in [5.41, 5.74) is 5.65. The summed E-state index contributed by atoms with van der Waals surface area (Å²) in [7, 11) is 1.68. The van der Waals surface area contributed by atoms with Crippen molar-refractivity contribution in [2.75, 3.05) is 57.0 Å². The summed E-state index contributed by atoms with van der Waals surface area (Å²) >= 11 is 1.58. The molecular weight excluding hydrogens is 546 g/mol. The first-order chi connectivity index (χ1) is 20.0. The molecule has 2 amide bonds. The SMILES string of the molecule is CCN1CCN(C(=O)CN2C(=O)CSC(c3ccccc3OC)c3c(C(C)(C)C)nn(-c4ccc(C)cc4C)c32)CC1. The maximum absolute atomic E-state index is 14.1. The average Bonchev–Trinajstić information content (AvgIpc) is 3.30. The van der Waals surface area contributed by atoms with Gasteiger partial charge < -0.3 is 14.5 Å². The van der Waals surface area contributed by atoms with Gasteiger partial charge in [0.05, 0.1) is 29.5 Å². The lowest BCUT2D eigenvalue weighted by molar-refractivity contribution is -0.132. The molecule has 0 spiro atoms. The average molecular weight is 590 g/mol. The highest BCUT2D eigenvalue weighted by atomic mass is 32.2. The van der Waals surface area contributed by atoms with E-state index in [-0.39, 0.29) is 34.8 Å². The molecule has 3 aromatic rings. The Bertz CT molecular complexity index is 1470. The van der Waals surface area contributed by atoms with Crippen LogP contribution in [-0.4, -0.2) is 83.5 Å². The first-order valence-corrected chi connectivity index (χ1v) is 15.8. The number of likely N-dealkylation sites (N-methyl/N-ethyl adjacent to an activating group) is 1. The predicted molar refractivity (Wildman–Crippen MR) is 170 cm³/mol. The van der Waals surface area contributed by atoms with Crippen molar-refractivity contribution in [3.63, 3.8) is 0 Å². The van der Waals surface area contributed by atoms with Crippen molar-refractivity contribution in [1.82, 2.24) is 19.6 Å². The fourth-order valence-electron chi connectivity index (χ4n) is 5.96. The van der Waals surface area contributed by atoms with Crippen molar-refractivity contribution in [3.05, 3.63) is 70.4 Å². The number of hydrogen-bond donors (Lipinski definition) is 0. The van der Waals surface area contributed by atoms with Crippen LogP contribution in [0.3, 0.4) is 0 Å². The summed E-state index contributed by atoms with van der Waals surface area (Å²) < 4.78 is 7.73. The van der Waals surface area contributed by atoms with Crippen molar-refractivity contribution in [2.45, 2.75) is 52.2 Å². The second-order valence-electron chi connectivity index (χ2n) is 12.3. The van der Waals surface area contributed by atoms with E-state index < -0.39 is 0 Å². The Balaban J connectivity index is 1.71. The number of anilines is 1. The first-order valence-electron chi connectivity index (χ1n) is 14.8. The molecule has 42 heavy (non-hydrogen) atoms. The van der Waals surface area contributed by atoms with Gasteiger partial charge in [0.25, 0.3) is 0 Å². The molecule has 2 aliphatic heterocycles. The van der Waals surface area contributed by atoms with Crippen LogP contribution in [0.4, 0.5) is 5.82 Å². The van der Waals surface area contributed by atoms with Crippen molar-refractivity contribution >= 4 is 29.4 Å². The lowest BCUT2D eigenvalue weighted by Gasteiger charge is -2.35. The number of thioether (sulfide) groups is 1. The molecule has 1 aromatic heterocycles. The molecular formula is C33H43N5O3S. The quantitative estimate of drug-likeness (QED) is 0.397. The van der Waals surface area contributed by atoms with Gasteiger partial charge in [0.15, 0.2) is 0 Å². The number of nitrogens with zero attached hydrogens (tertiary/aromatic N) is 5. The standard InChI is InChI=1S/C33H43N5O3S/c1-8-35-15-17-36(18-16-35)27(39)20-37-28(40)21-42-30(24-11-9-10-12-26(24)41-7)29-31(33(4,5)6)34-38(32(29)37)25-14-13-22(2)19-23(25)3/h9-14,19,30H,8,15-18,20-21H2,1-7H3. The summed E-state index contributed by atoms with van der Waals surface area (Å²) in [4.78, 5) is 33.8. The van der Waals surface area contributed by atoms with E-state index in [1.165, 1.54) is 0 Å². The smallest absolute Gasteiger partial charge is 0.242 e. The second kappa shape index (κ2) is 12.1. The second-order valence-corrected chi connectivity index (χ2v) is 13.4. The number of amides is 2. The minimum atomic E-state index is -0.325. The van der Waals surface area contributed by atoms with Crippen LogP contribution in [0.15, 0.2) is 42.5 Å². The zero-order valence-electron chi connectivity index (χ0n) is 25.9. The van der Waals surface area contributed by atoms with Crippen LogP contribution < -0.4 is 9.64 Å². The summed E-state index contributed by atoms with van der Waals surface area (Å²) in [6.45, 7) is 16.7. The van der Waals surface area contributed by atoms with Crippen LogP contribution in [-0.2, 0) is 15.0 Å². The summed E-state index contributed by atoms with van der Waals surface area (Å²) in [6.07, 6.45) is 0. The van der Waals surface area contributed by atoms with Gasteiger partial charge in [0, 0.05) is 42.7 Å². The van der Waals surface area contributed by atoms with Gasteiger partial charge in [0.2, 0.25) is 11.8 Å². The molecule has 1 atom stereocenters. The summed E-state index contributed by atoms with van der Waals surface area (Å²) in [5, 5.41) is 5.05. The van der Waals surface area contributed by atoms with Gasteiger partial charge in [-0.05, 0) is 38.1 Å². The Morgan fingerprint density at radius 1 is 1.07 bits per heavy atom. The molecule has 0 N–H and O–H groups in total. The number of aryl methyl sites for hydroxylation is 2. The van der Waals surface area contributed by atoms with Crippen molar-refractivity contribution in [2.24, 2.45) is 0 Å². The Hall–Kier alpha value is -3.30. The number of fused-ring (bicyclic) bond motifs is 1. The molecule has 1 unspecified atom stereocenters. The minimum Gasteiger partial charge on any atom is -0.496 e. The molecule has 2 aromatic carbocycles. The van der Waals surface area contributed by atoms with Gasteiger partial charge >= 0.3 is 0 Å². The molecule has 8 nitrogen and oxygen atoms in total. The van der Waals surface area contributed by atoms with Gasteiger partial charge in [-0.3, -0.25) is 14.5 Å². The Kier molecular flexibility index (Phi) is 8.71. The molecule has 0 bridgehead atoms. The van der Waals surface area contributed by atoms with Crippen LogP contribution in [0.2, 0.25) is 0 Å². The Labute approximate surface area is 254 Å². The maximum Gasteiger partial charge on any atom is 0.242 e. The minimum absolute atomic E-state index is 0.0165. The van der Waals surface area contributed by atoms with E-state index in [1.807, 2.05) is 27.8 Å². The maximum atomic E-state index is 14.1. The highest BCUT2D eigenvalue weighted by Crippen LogP contribution is 2.50. The van der Waals surface area contributed by atoms with Gasteiger partial charge in [-0.2, -0.15) is 5.10 Å². The van der Waals surface area contributed by atoms with Gasteiger partial charge in [-0.1, -0.05) is 63.6 Å². The highest BCUT2D eigenvalue weighted by molar-refractivity contribution is 8.00. The van der Waals surface area contributed by atoms with Crippen LogP contribution in [0.25, 0.3) is 5.69 Å². The third-order valence-corrected chi connectivity index (χ3v) is 9.50. The van der Waals surface area contributed by atoms with E-state index in [0.717, 1.165) is 59.0 Å². The normalized spacial score (nSPS) is 18.2. The van der Waals surface area contributed by atoms with E-state index in [1.54, 1.807) is 23.8 Å². The molecule has 0 radical (unpaired) electrons. The van der Waals surface area contributed by atoms with E-state index >= 15 is 0 Å². The number of hydrogen-bond acceptors (Lipinski definition) is 6. The number of benzene rings is 2. The van der Waals surface area contributed by atoms with Crippen molar-refractivity contribution < 1.29 is 14.3 Å². The molecule has 224 valence electrons. The topological polar surface area (TPSA) is 70.9 Å². The lowest BCUT2D eigenvalue weighted by atomic mass is 9.87. The number of para-hydroxylation sites is 1. The van der Waals surface area contributed by atoms with Crippen LogP contribution in [0.5, 0.6) is 5.75 Å². The van der Waals surface area contributed by atoms with Crippen LogP contribution in [0.1, 0.15) is 60.9 Å². The Morgan fingerprint density at radius 2 is 1.79 bits per heavy atom. The number of ether oxygens (including phenoxy) is 1. The van der Waals surface area contributed by atoms with E-state index in [2.05, 4.69) is 70.7 Å². The third-order valence-electron chi connectivity index (χ3n) is 8.27. The third kappa shape index (κ3) is 5.81. The van der Waals surface area contributed by atoms with E-state index in [9.17, 15) is 9.59 Å². The number of carbonyl (C=O) groups is 2. The van der Waals surface area contributed by atoms with E-state index in [0.29, 0.717) is 18.9 Å². The van der Waals surface area contributed by atoms with Crippen LogP contribution >= 0.6 is 11.8 Å². The molecule has 0 saturated carbocycles. The number of methoxy groups -OCH3 is 1. The molecule has 5 rings (SSSR count). The first kappa shape index (κ1) is 30.2. The lowest BCUT2D eigenvalue weighted by Crippen LogP contribution is -2.52. The fourth-order valence-corrected chi connectivity index (χ4v) is 7.18. The molecule has 1 fully saturated rings. The monoisotopic (exact) mass is 589 g/mol. The van der Waals surface area contributed by atoms with Crippen molar-refractivity contribution in [3.8, 4) is 11.4 Å². The number of carbonyl (C=O) groups excluding carboxylic acids is 2. The molecule has 0 aliphatic carbocycles. The number of aromatic nitrogens is 2. The highest BCUT2D eigenvalue weighted by Gasteiger charge is 2.41. The summed E-state index contributed by atoms with van der Waals surface area (Å²) in [5.74, 6) is 1.57. The van der Waals surface area contributed by atoms with Gasteiger partial charge in [-0.25, -0.2) is 4.68 Å². The largest absolute Gasteiger partial charge is 0.496 e. The van der Waals surface area contributed by atoms with Gasteiger partial charge in [0.1, 0.15) is 18.1 Å².